The van der Waals surface area contributed by atoms with Gasteiger partial charge in [0.15, 0.2) is 0 Å². The van der Waals surface area contributed by atoms with Crippen molar-refractivity contribution in [2.45, 2.75) is 18.9 Å². The first kappa shape index (κ1) is 11.8. The fourth-order valence-electron chi connectivity index (χ4n) is 2.45. The van der Waals surface area contributed by atoms with Gasteiger partial charge in [-0.3, -0.25) is 0 Å². The van der Waals surface area contributed by atoms with Crippen LogP contribution in [-0.2, 0) is 11.2 Å². The molecular weight excluding hydrogens is 228 g/mol. The molecule has 98 valence electrons. The lowest BCUT2D eigenvalue weighted by molar-refractivity contribution is 0.000202. The fourth-order valence-corrected chi connectivity index (χ4v) is 2.45. The van der Waals surface area contributed by atoms with Crippen LogP contribution in [0.5, 0.6) is 5.75 Å². The van der Waals surface area contributed by atoms with Crippen LogP contribution in [0.1, 0.15) is 12.0 Å². The second-order valence-corrected chi connectivity index (χ2v) is 4.86. The zero-order valence-corrected chi connectivity index (χ0v) is 10.6. The summed E-state index contributed by atoms with van der Waals surface area (Å²) in [6.45, 7) is 4.28. The van der Waals surface area contributed by atoms with Crippen molar-refractivity contribution in [2.75, 3.05) is 38.2 Å². The highest BCUT2D eigenvalue weighted by Crippen LogP contribution is 2.26. The van der Waals surface area contributed by atoms with Crippen LogP contribution in [0.25, 0.3) is 0 Å². The lowest BCUT2D eigenvalue weighted by atomic mass is 10.0. The van der Waals surface area contributed by atoms with Crippen LogP contribution in [0, 0.1) is 0 Å². The Balaban J connectivity index is 1.58. The van der Waals surface area contributed by atoms with Crippen LogP contribution in [-0.4, -0.2) is 39.0 Å². The van der Waals surface area contributed by atoms with Crippen LogP contribution < -0.4 is 15.4 Å². The highest BCUT2D eigenvalue weighted by atomic mass is 16.5. The van der Waals surface area contributed by atoms with Gasteiger partial charge >= 0.3 is 0 Å². The number of hydrogen-bond donors (Lipinski definition) is 2. The minimum absolute atomic E-state index is 0.169. The van der Waals surface area contributed by atoms with E-state index in [1.54, 1.807) is 0 Å². The second kappa shape index (κ2) is 5.59. The van der Waals surface area contributed by atoms with Gasteiger partial charge in [-0.2, -0.15) is 0 Å². The molecule has 2 heterocycles. The van der Waals surface area contributed by atoms with Gasteiger partial charge in [0.05, 0.1) is 6.61 Å². The molecule has 0 spiro atoms. The highest BCUT2D eigenvalue weighted by Gasteiger charge is 2.14. The lowest BCUT2D eigenvalue weighted by Crippen LogP contribution is -2.41. The summed E-state index contributed by atoms with van der Waals surface area (Å²) in [7, 11) is 0. The van der Waals surface area contributed by atoms with Crippen molar-refractivity contribution in [1.29, 1.82) is 0 Å². The summed E-state index contributed by atoms with van der Waals surface area (Å²) >= 11 is 0. The van der Waals surface area contributed by atoms with Crippen molar-refractivity contribution in [2.24, 2.45) is 0 Å². The van der Waals surface area contributed by atoms with Gasteiger partial charge in [0, 0.05) is 31.4 Å². The largest absolute Gasteiger partial charge is 0.491 e. The van der Waals surface area contributed by atoms with E-state index in [0.717, 1.165) is 38.4 Å². The number of rotatable bonds is 3. The monoisotopic (exact) mass is 248 g/mol. The Labute approximate surface area is 108 Å². The van der Waals surface area contributed by atoms with Gasteiger partial charge in [0.25, 0.3) is 0 Å². The van der Waals surface area contributed by atoms with Gasteiger partial charge in [-0.1, -0.05) is 6.07 Å². The summed E-state index contributed by atoms with van der Waals surface area (Å²) < 4.78 is 11.4. The van der Waals surface area contributed by atoms with Crippen LogP contribution in [0.15, 0.2) is 18.2 Å². The van der Waals surface area contributed by atoms with Gasteiger partial charge in [-0.05, 0) is 24.5 Å². The van der Waals surface area contributed by atoms with Crippen LogP contribution in [0.4, 0.5) is 5.69 Å². The Bertz CT molecular complexity index is 403. The molecule has 18 heavy (non-hydrogen) atoms. The quantitative estimate of drug-likeness (QED) is 0.849. The third kappa shape index (κ3) is 2.76. The molecular formula is C14H20N2O2. The van der Waals surface area contributed by atoms with E-state index in [1.807, 2.05) is 0 Å². The number of aryl methyl sites for hydroxylation is 1. The fraction of sp³-hybridized carbons (Fsp3) is 0.571. The first-order valence-electron chi connectivity index (χ1n) is 6.74. The summed E-state index contributed by atoms with van der Waals surface area (Å²) in [5.74, 6) is 0.928. The molecule has 0 aliphatic carbocycles. The van der Waals surface area contributed by atoms with Gasteiger partial charge in [0.2, 0.25) is 0 Å². The van der Waals surface area contributed by atoms with Gasteiger partial charge in [-0.15, -0.1) is 0 Å². The summed E-state index contributed by atoms with van der Waals surface area (Å²) in [6.07, 6.45) is 2.55. The van der Waals surface area contributed by atoms with Crippen molar-refractivity contribution in [3.05, 3.63) is 23.8 Å². The second-order valence-electron chi connectivity index (χ2n) is 4.86. The molecule has 3 rings (SSSR count). The standard InChI is InChI=1S/C14H20N2O2/c1-2-11-3-4-12(8-14(11)16-5-1)18-10-13-9-15-6-7-17-13/h3-4,8,13,15-16H,1-2,5-7,9-10H2. The minimum Gasteiger partial charge on any atom is -0.491 e. The van der Waals surface area contributed by atoms with Gasteiger partial charge in [-0.25, -0.2) is 0 Å². The average Bonchev–Trinajstić information content (AvgIpc) is 2.46. The van der Waals surface area contributed by atoms with Crippen LogP contribution in [0.2, 0.25) is 0 Å². The predicted molar refractivity (Wildman–Crippen MR) is 71.4 cm³/mol. The first-order valence-corrected chi connectivity index (χ1v) is 6.74. The Morgan fingerprint density at radius 1 is 1.33 bits per heavy atom. The summed E-state index contributed by atoms with van der Waals surface area (Å²) in [5.41, 5.74) is 2.62. The van der Waals surface area contributed by atoms with Gasteiger partial charge in [0.1, 0.15) is 18.5 Å². The Kier molecular flexibility index (Phi) is 3.67. The first-order chi connectivity index (χ1) is 8.92. The summed E-state index contributed by atoms with van der Waals surface area (Å²) in [6, 6.07) is 6.32. The molecule has 4 nitrogen and oxygen atoms in total. The van der Waals surface area contributed by atoms with E-state index in [-0.39, 0.29) is 6.10 Å². The molecule has 1 atom stereocenters. The average molecular weight is 248 g/mol. The normalized spacial score (nSPS) is 23.0. The minimum atomic E-state index is 0.169. The molecule has 1 fully saturated rings. The van der Waals surface area contributed by atoms with Crippen molar-refractivity contribution < 1.29 is 9.47 Å². The Morgan fingerprint density at radius 3 is 3.22 bits per heavy atom. The van der Waals surface area contributed by atoms with Crippen molar-refractivity contribution >= 4 is 5.69 Å². The maximum atomic E-state index is 5.81. The number of benzene rings is 1. The molecule has 0 amide bonds. The van der Waals surface area contributed by atoms with E-state index in [9.17, 15) is 0 Å². The maximum absolute atomic E-state index is 5.81. The zero-order valence-electron chi connectivity index (χ0n) is 10.6. The molecule has 0 aromatic heterocycles. The maximum Gasteiger partial charge on any atom is 0.121 e. The number of morpholine rings is 1. The third-order valence-corrected chi connectivity index (χ3v) is 3.46. The lowest BCUT2D eigenvalue weighted by Gasteiger charge is -2.24. The van der Waals surface area contributed by atoms with E-state index >= 15 is 0 Å². The molecule has 4 heteroatoms. The van der Waals surface area contributed by atoms with Crippen LogP contribution in [0.3, 0.4) is 0 Å². The van der Waals surface area contributed by atoms with E-state index in [1.165, 1.54) is 17.7 Å². The molecule has 1 saturated heterocycles. The number of anilines is 1. The summed E-state index contributed by atoms with van der Waals surface area (Å²) in [5, 5.41) is 6.72. The molecule has 0 bridgehead atoms. The number of ether oxygens (including phenoxy) is 2. The molecule has 2 aliphatic heterocycles. The molecule has 1 aromatic carbocycles. The van der Waals surface area contributed by atoms with Crippen LogP contribution >= 0.6 is 0 Å². The van der Waals surface area contributed by atoms with E-state index < -0.39 is 0 Å². The van der Waals surface area contributed by atoms with Crippen molar-refractivity contribution in [1.82, 2.24) is 5.32 Å². The molecule has 0 radical (unpaired) electrons. The molecule has 1 unspecified atom stereocenters. The highest BCUT2D eigenvalue weighted by molar-refractivity contribution is 5.56. The Morgan fingerprint density at radius 2 is 2.33 bits per heavy atom. The summed E-state index contributed by atoms with van der Waals surface area (Å²) in [4.78, 5) is 0. The van der Waals surface area contributed by atoms with Gasteiger partial charge < -0.3 is 20.1 Å². The van der Waals surface area contributed by atoms with Crippen molar-refractivity contribution in [3.8, 4) is 5.75 Å². The van der Waals surface area contributed by atoms with E-state index in [0.29, 0.717) is 6.61 Å². The Hall–Kier alpha value is -1.26. The smallest absolute Gasteiger partial charge is 0.121 e. The number of nitrogens with one attached hydrogen (secondary N) is 2. The predicted octanol–water partition coefficient (Wildman–Crippen LogP) is 1.41. The SMILES string of the molecule is c1cc2c(cc1OCC1CNCCO1)NCCC2. The van der Waals surface area contributed by atoms with E-state index in [4.69, 9.17) is 9.47 Å². The van der Waals surface area contributed by atoms with E-state index in [2.05, 4.69) is 28.8 Å². The molecule has 0 saturated carbocycles. The zero-order chi connectivity index (χ0) is 12.2. The molecule has 2 aliphatic rings. The molecule has 1 aromatic rings. The third-order valence-electron chi connectivity index (χ3n) is 3.46. The van der Waals surface area contributed by atoms with Crippen molar-refractivity contribution in [3.63, 3.8) is 0 Å². The molecule has 2 N–H and O–H groups in total. The number of hydrogen-bond acceptors (Lipinski definition) is 4. The number of fused-ring (bicyclic) bond motifs is 1. The topological polar surface area (TPSA) is 42.5 Å².